The number of esters is 1. The largest absolute Gasteiger partial charge is 0.462 e. The van der Waals surface area contributed by atoms with E-state index in [1.165, 1.54) is 6.07 Å². The van der Waals surface area contributed by atoms with E-state index in [1.807, 2.05) is 6.92 Å². The number of carbonyl (C=O) groups excluding carboxylic acids is 1. The summed E-state index contributed by atoms with van der Waals surface area (Å²) in [7, 11) is 0. The topological polar surface area (TPSA) is 70.4 Å². The maximum atomic E-state index is 12.4. The fourth-order valence-electron chi connectivity index (χ4n) is 1.89. The van der Waals surface area contributed by atoms with Crippen LogP contribution in [0.15, 0.2) is 29.2 Å². The minimum Gasteiger partial charge on any atom is -0.462 e. The van der Waals surface area contributed by atoms with Crippen LogP contribution in [0.4, 0.5) is 0 Å². The molecule has 0 bridgehead atoms. The summed E-state index contributed by atoms with van der Waals surface area (Å²) in [6, 6.07) is 4.99. The highest BCUT2D eigenvalue weighted by Crippen LogP contribution is 2.11. The van der Waals surface area contributed by atoms with E-state index < -0.39 is 11.5 Å². The number of rotatable bonds is 6. The van der Waals surface area contributed by atoms with E-state index in [4.69, 9.17) is 9.57 Å². The van der Waals surface area contributed by atoms with Crippen molar-refractivity contribution in [2.24, 2.45) is 0 Å². The molecular weight excluding hydrogens is 272 g/mol. The zero-order valence-electron chi connectivity index (χ0n) is 12.2. The van der Waals surface area contributed by atoms with Crippen LogP contribution in [0.2, 0.25) is 0 Å². The Morgan fingerprint density at radius 3 is 2.90 bits per heavy atom. The molecule has 0 radical (unpaired) electrons. The summed E-state index contributed by atoms with van der Waals surface area (Å²) in [4.78, 5) is 33.9. The molecule has 0 aliphatic rings. The molecule has 2 heterocycles. The van der Waals surface area contributed by atoms with Gasteiger partial charge in [-0.2, -0.15) is 0 Å². The summed E-state index contributed by atoms with van der Waals surface area (Å²) in [5.74, 6) is -0.652. The van der Waals surface area contributed by atoms with Crippen molar-refractivity contribution in [2.45, 2.75) is 26.7 Å². The van der Waals surface area contributed by atoms with E-state index in [-0.39, 0.29) is 12.2 Å². The molecule has 0 unspecified atom stereocenters. The van der Waals surface area contributed by atoms with Crippen molar-refractivity contribution in [3.8, 4) is 0 Å². The van der Waals surface area contributed by atoms with Crippen LogP contribution in [0.3, 0.4) is 0 Å². The van der Waals surface area contributed by atoms with Crippen molar-refractivity contribution < 1.29 is 14.4 Å². The van der Waals surface area contributed by atoms with E-state index in [9.17, 15) is 9.59 Å². The predicted octanol–water partition coefficient (Wildman–Crippen LogP) is 1.80. The molecule has 0 aromatic carbocycles. The number of fused-ring (bicyclic) bond motifs is 1. The van der Waals surface area contributed by atoms with E-state index in [0.29, 0.717) is 17.6 Å². The third kappa shape index (κ3) is 3.21. The van der Waals surface area contributed by atoms with Crippen molar-refractivity contribution in [3.05, 3.63) is 40.3 Å². The molecule has 2 aromatic rings. The van der Waals surface area contributed by atoms with Crippen LogP contribution < -0.4 is 10.4 Å². The number of pyridine rings is 2. The summed E-state index contributed by atoms with van der Waals surface area (Å²) < 4.78 is 5.99. The van der Waals surface area contributed by atoms with Gasteiger partial charge in [-0.3, -0.25) is 4.79 Å². The van der Waals surface area contributed by atoms with E-state index in [0.717, 1.165) is 17.6 Å². The number of unbranched alkanes of at least 4 members (excludes halogenated alkanes) is 1. The summed E-state index contributed by atoms with van der Waals surface area (Å²) in [6.07, 6.45) is 3.33. The molecule has 0 aliphatic carbocycles. The monoisotopic (exact) mass is 290 g/mol. The van der Waals surface area contributed by atoms with Gasteiger partial charge in [0.1, 0.15) is 12.2 Å². The van der Waals surface area contributed by atoms with Crippen LogP contribution in [0.25, 0.3) is 11.0 Å². The summed E-state index contributed by atoms with van der Waals surface area (Å²) in [5.41, 5.74) is -0.198. The Kier molecular flexibility index (Phi) is 4.92. The number of nitrogens with zero attached hydrogens (tertiary/aromatic N) is 2. The average molecular weight is 290 g/mol. The summed E-state index contributed by atoms with van der Waals surface area (Å²) >= 11 is 0. The van der Waals surface area contributed by atoms with Gasteiger partial charge >= 0.3 is 5.97 Å². The van der Waals surface area contributed by atoms with Gasteiger partial charge in [-0.1, -0.05) is 13.3 Å². The van der Waals surface area contributed by atoms with Crippen LogP contribution >= 0.6 is 0 Å². The van der Waals surface area contributed by atoms with Gasteiger partial charge in [-0.25, -0.2) is 9.78 Å². The minimum atomic E-state index is -0.652. The van der Waals surface area contributed by atoms with E-state index in [1.54, 1.807) is 25.3 Å². The number of aromatic nitrogens is 2. The molecule has 6 heteroatoms. The highest BCUT2D eigenvalue weighted by atomic mass is 16.7. The lowest BCUT2D eigenvalue weighted by Crippen LogP contribution is -2.33. The van der Waals surface area contributed by atoms with Gasteiger partial charge in [0.15, 0.2) is 5.65 Å². The Morgan fingerprint density at radius 2 is 2.19 bits per heavy atom. The molecule has 2 rings (SSSR count). The lowest BCUT2D eigenvalue weighted by atomic mass is 10.2. The Balaban J connectivity index is 2.54. The van der Waals surface area contributed by atoms with Crippen molar-refractivity contribution >= 4 is 17.0 Å². The fourth-order valence-corrected chi connectivity index (χ4v) is 1.89. The van der Waals surface area contributed by atoms with Gasteiger partial charge in [0.05, 0.1) is 6.61 Å². The molecule has 2 aromatic heterocycles. The van der Waals surface area contributed by atoms with Gasteiger partial charge in [-0.15, -0.1) is 4.73 Å². The van der Waals surface area contributed by atoms with Crippen LogP contribution in [-0.2, 0) is 4.74 Å². The molecular formula is C15H18N2O4. The molecule has 0 fully saturated rings. The van der Waals surface area contributed by atoms with Gasteiger partial charge in [0, 0.05) is 11.6 Å². The highest BCUT2D eigenvalue weighted by molar-refractivity contribution is 5.92. The Morgan fingerprint density at radius 1 is 1.38 bits per heavy atom. The van der Waals surface area contributed by atoms with Gasteiger partial charge in [0.2, 0.25) is 0 Å². The predicted molar refractivity (Wildman–Crippen MR) is 78.3 cm³/mol. The molecule has 0 saturated carbocycles. The Hall–Kier alpha value is -2.37. The average Bonchev–Trinajstić information content (AvgIpc) is 2.49. The normalized spacial score (nSPS) is 10.6. The maximum Gasteiger partial charge on any atom is 0.343 e. The number of hydrogen-bond donors (Lipinski definition) is 0. The Bertz CT molecular complexity index is 694. The van der Waals surface area contributed by atoms with Crippen molar-refractivity contribution in [1.29, 1.82) is 0 Å². The first-order chi connectivity index (χ1) is 10.2. The SMILES string of the molecule is CCCCOn1c(=O)c(C(=O)OCC)cc2cccnc21. The van der Waals surface area contributed by atoms with Crippen molar-refractivity contribution in [3.63, 3.8) is 0 Å². The van der Waals surface area contributed by atoms with Gasteiger partial charge < -0.3 is 9.57 Å². The molecule has 0 spiro atoms. The van der Waals surface area contributed by atoms with Crippen LogP contribution in [-0.4, -0.2) is 28.9 Å². The molecule has 0 atom stereocenters. The lowest BCUT2D eigenvalue weighted by molar-refractivity contribution is 0.0514. The fraction of sp³-hybridized carbons (Fsp3) is 0.400. The quantitative estimate of drug-likeness (QED) is 0.599. The molecule has 0 amide bonds. The molecule has 0 aliphatic heterocycles. The first-order valence-electron chi connectivity index (χ1n) is 7.00. The third-order valence-electron chi connectivity index (χ3n) is 2.94. The van der Waals surface area contributed by atoms with Crippen LogP contribution in [0.1, 0.15) is 37.0 Å². The zero-order chi connectivity index (χ0) is 15.2. The lowest BCUT2D eigenvalue weighted by Gasteiger charge is -2.12. The highest BCUT2D eigenvalue weighted by Gasteiger charge is 2.17. The maximum absolute atomic E-state index is 12.4. The molecule has 0 N–H and O–H groups in total. The second kappa shape index (κ2) is 6.88. The molecule has 6 nitrogen and oxygen atoms in total. The second-order valence-corrected chi connectivity index (χ2v) is 4.48. The Labute approximate surface area is 122 Å². The van der Waals surface area contributed by atoms with E-state index >= 15 is 0 Å². The van der Waals surface area contributed by atoms with Crippen LogP contribution in [0, 0.1) is 0 Å². The summed E-state index contributed by atoms with van der Waals surface area (Å²) in [5, 5.41) is 0.650. The summed E-state index contributed by atoms with van der Waals surface area (Å²) in [6.45, 7) is 4.31. The van der Waals surface area contributed by atoms with E-state index in [2.05, 4.69) is 4.98 Å². The molecule has 112 valence electrons. The number of carbonyl (C=O) groups is 1. The van der Waals surface area contributed by atoms with Gasteiger partial charge in [-0.05, 0) is 31.5 Å². The van der Waals surface area contributed by atoms with Gasteiger partial charge in [0.25, 0.3) is 5.56 Å². The number of ether oxygens (including phenoxy) is 1. The van der Waals surface area contributed by atoms with Crippen LogP contribution in [0.5, 0.6) is 0 Å². The number of hydrogen-bond acceptors (Lipinski definition) is 5. The third-order valence-corrected chi connectivity index (χ3v) is 2.94. The second-order valence-electron chi connectivity index (χ2n) is 4.48. The zero-order valence-corrected chi connectivity index (χ0v) is 12.2. The standard InChI is InChI=1S/C15H18N2O4/c1-3-5-9-21-17-13-11(7-6-8-16-13)10-12(14(17)18)15(19)20-4-2/h6-8,10H,3-5,9H2,1-2H3. The first-order valence-corrected chi connectivity index (χ1v) is 7.00. The molecule has 0 saturated heterocycles. The van der Waals surface area contributed by atoms with Crippen molar-refractivity contribution in [1.82, 2.24) is 9.71 Å². The molecule has 21 heavy (non-hydrogen) atoms. The van der Waals surface area contributed by atoms with Crippen molar-refractivity contribution in [2.75, 3.05) is 13.2 Å². The first kappa shape index (κ1) is 15.0. The smallest absolute Gasteiger partial charge is 0.343 e. The minimum absolute atomic E-state index is 0.0474.